The maximum Gasteiger partial charge on any atom is 0.322 e. The Labute approximate surface area is 107 Å². The lowest BCUT2D eigenvalue weighted by molar-refractivity contribution is -0.140. The van der Waals surface area contributed by atoms with Crippen LogP contribution in [0.4, 0.5) is 0 Å². The smallest absolute Gasteiger partial charge is 0.322 e. The van der Waals surface area contributed by atoms with E-state index < -0.39 is 22.2 Å². The molecule has 0 spiro atoms. The third-order valence-electron chi connectivity index (χ3n) is 4.44. The van der Waals surface area contributed by atoms with Crippen molar-refractivity contribution in [3.05, 3.63) is 0 Å². The van der Waals surface area contributed by atoms with Crippen LogP contribution in [0, 0.1) is 5.92 Å². The Hall–Kier alpha value is -0.660. The summed E-state index contributed by atoms with van der Waals surface area (Å²) >= 11 is 0. The van der Waals surface area contributed by atoms with Gasteiger partial charge >= 0.3 is 5.97 Å². The largest absolute Gasteiger partial charge is 0.480 e. The maximum absolute atomic E-state index is 12.5. The molecule has 2 heterocycles. The molecular weight excluding hydrogens is 256 g/mol. The van der Waals surface area contributed by atoms with Gasteiger partial charge in [-0.25, -0.2) is 0 Å². The van der Waals surface area contributed by atoms with Crippen LogP contribution in [0.3, 0.4) is 0 Å². The lowest BCUT2D eigenvalue weighted by Crippen LogP contribution is -2.50. The van der Waals surface area contributed by atoms with E-state index in [0.717, 1.165) is 19.3 Å². The molecule has 6 nitrogen and oxygen atoms in total. The van der Waals surface area contributed by atoms with E-state index in [-0.39, 0.29) is 6.04 Å². The first-order valence-corrected chi connectivity index (χ1v) is 7.91. The Balaban J connectivity index is 1.84. The van der Waals surface area contributed by atoms with Crippen LogP contribution >= 0.6 is 0 Å². The molecule has 2 unspecified atom stereocenters. The molecule has 18 heavy (non-hydrogen) atoms. The van der Waals surface area contributed by atoms with Crippen molar-refractivity contribution in [3.8, 4) is 0 Å². The molecule has 1 aliphatic carbocycles. The molecule has 2 saturated heterocycles. The van der Waals surface area contributed by atoms with Crippen molar-refractivity contribution in [2.24, 2.45) is 5.92 Å². The van der Waals surface area contributed by atoms with Gasteiger partial charge in [0.2, 0.25) is 0 Å². The minimum absolute atomic E-state index is 0.107. The predicted molar refractivity (Wildman–Crippen MR) is 64.1 cm³/mol. The number of fused-ring (bicyclic) bond motifs is 2. The number of carboxylic acids is 1. The second-order valence-electron chi connectivity index (χ2n) is 5.52. The number of carbonyl (C=O) groups is 1. The average Bonchev–Trinajstić information content (AvgIpc) is 3.04. The number of nitrogens with zero attached hydrogens (tertiary/aromatic N) is 2. The van der Waals surface area contributed by atoms with Gasteiger partial charge in [0, 0.05) is 19.1 Å². The standard InChI is InChI=1S/C11H18N2O4S/c14-11(15)10-2-1-5-12(10)18(16,17)13-7-8-3-4-9(13)6-8/h8-10H,1-7H2,(H,14,15)/t8?,9?,10-/m1/s1. The van der Waals surface area contributed by atoms with Crippen LogP contribution < -0.4 is 0 Å². The first-order chi connectivity index (χ1) is 8.50. The molecular formula is C11H18N2O4S. The summed E-state index contributed by atoms with van der Waals surface area (Å²) in [6, 6.07) is -0.760. The van der Waals surface area contributed by atoms with Crippen molar-refractivity contribution < 1.29 is 18.3 Å². The van der Waals surface area contributed by atoms with Crippen molar-refractivity contribution in [2.45, 2.75) is 44.2 Å². The molecule has 3 atom stereocenters. The molecule has 3 rings (SSSR count). The fourth-order valence-electron chi connectivity index (χ4n) is 3.56. The minimum Gasteiger partial charge on any atom is -0.480 e. The normalized spacial score (nSPS) is 37.4. The van der Waals surface area contributed by atoms with E-state index in [0.29, 0.717) is 31.8 Å². The van der Waals surface area contributed by atoms with Crippen molar-refractivity contribution in [1.82, 2.24) is 8.61 Å². The first kappa shape index (κ1) is 12.4. The third kappa shape index (κ3) is 1.76. The molecule has 0 aromatic rings. The zero-order valence-electron chi connectivity index (χ0n) is 10.2. The Kier molecular flexibility index (Phi) is 2.87. The highest BCUT2D eigenvalue weighted by molar-refractivity contribution is 7.86. The van der Waals surface area contributed by atoms with Gasteiger partial charge in [-0.3, -0.25) is 4.79 Å². The summed E-state index contributed by atoms with van der Waals surface area (Å²) in [5, 5.41) is 9.10. The number of rotatable bonds is 3. The molecule has 0 aromatic carbocycles. The fourth-order valence-corrected chi connectivity index (χ4v) is 5.67. The van der Waals surface area contributed by atoms with Crippen LogP contribution in [0.25, 0.3) is 0 Å². The van der Waals surface area contributed by atoms with Gasteiger partial charge in [-0.1, -0.05) is 0 Å². The van der Waals surface area contributed by atoms with E-state index in [1.165, 1.54) is 4.31 Å². The van der Waals surface area contributed by atoms with Gasteiger partial charge in [-0.2, -0.15) is 17.0 Å². The molecule has 3 aliphatic rings. The minimum atomic E-state index is -3.58. The topological polar surface area (TPSA) is 77.9 Å². The predicted octanol–water partition coefficient (Wildman–Crippen LogP) is 0.264. The Morgan fingerprint density at radius 3 is 2.50 bits per heavy atom. The van der Waals surface area contributed by atoms with Gasteiger partial charge in [-0.05, 0) is 38.0 Å². The zero-order valence-corrected chi connectivity index (χ0v) is 11.0. The summed E-state index contributed by atoms with van der Waals surface area (Å²) < 4.78 is 27.8. The molecule has 0 amide bonds. The van der Waals surface area contributed by atoms with Crippen molar-refractivity contribution in [3.63, 3.8) is 0 Å². The lowest BCUT2D eigenvalue weighted by atomic mass is 10.1. The van der Waals surface area contributed by atoms with E-state index in [4.69, 9.17) is 5.11 Å². The molecule has 2 aliphatic heterocycles. The monoisotopic (exact) mass is 274 g/mol. The van der Waals surface area contributed by atoms with E-state index in [9.17, 15) is 13.2 Å². The van der Waals surface area contributed by atoms with Crippen LogP contribution in [-0.2, 0) is 15.0 Å². The highest BCUT2D eigenvalue weighted by Gasteiger charge is 2.49. The SMILES string of the molecule is O=C(O)[C@H]1CCCN1S(=O)(=O)N1CC2CCC1C2. The molecule has 0 aromatic heterocycles. The number of piperidine rings is 1. The van der Waals surface area contributed by atoms with Gasteiger partial charge in [0.25, 0.3) is 10.2 Å². The molecule has 2 bridgehead atoms. The van der Waals surface area contributed by atoms with Crippen LogP contribution in [0.5, 0.6) is 0 Å². The Morgan fingerprint density at radius 1 is 1.17 bits per heavy atom. The summed E-state index contributed by atoms with van der Waals surface area (Å²) in [5.74, 6) is -0.545. The Bertz CT molecular complexity index is 464. The van der Waals surface area contributed by atoms with Gasteiger partial charge < -0.3 is 5.11 Å². The molecule has 102 valence electrons. The van der Waals surface area contributed by atoms with Crippen LogP contribution in [0.15, 0.2) is 0 Å². The molecule has 0 radical (unpaired) electrons. The zero-order chi connectivity index (χ0) is 12.9. The lowest BCUT2D eigenvalue weighted by Gasteiger charge is -2.32. The summed E-state index contributed by atoms with van der Waals surface area (Å²) in [7, 11) is -3.58. The van der Waals surface area contributed by atoms with Crippen LogP contribution in [0.1, 0.15) is 32.1 Å². The van der Waals surface area contributed by atoms with Gasteiger partial charge in [0.15, 0.2) is 0 Å². The third-order valence-corrected chi connectivity index (χ3v) is 6.51. The number of carboxylic acid groups (broad SMARTS) is 1. The number of hydrogen-bond donors (Lipinski definition) is 1. The maximum atomic E-state index is 12.5. The van der Waals surface area contributed by atoms with E-state index in [1.54, 1.807) is 4.31 Å². The molecule has 7 heteroatoms. The second-order valence-corrected chi connectivity index (χ2v) is 7.35. The summed E-state index contributed by atoms with van der Waals surface area (Å²) in [6.45, 7) is 0.920. The average molecular weight is 274 g/mol. The van der Waals surface area contributed by atoms with Crippen LogP contribution in [-0.4, -0.2) is 53.3 Å². The molecule has 1 N–H and O–H groups in total. The number of hydrogen-bond acceptors (Lipinski definition) is 3. The van der Waals surface area contributed by atoms with E-state index in [2.05, 4.69) is 0 Å². The van der Waals surface area contributed by atoms with Crippen molar-refractivity contribution >= 4 is 16.2 Å². The van der Waals surface area contributed by atoms with Gasteiger partial charge in [0.05, 0.1) is 0 Å². The highest BCUT2D eigenvalue weighted by Crippen LogP contribution is 2.40. The highest BCUT2D eigenvalue weighted by atomic mass is 32.2. The second kappa shape index (κ2) is 4.18. The molecule has 1 saturated carbocycles. The van der Waals surface area contributed by atoms with Crippen molar-refractivity contribution in [1.29, 1.82) is 0 Å². The number of aliphatic carboxylic acids is 1. The van der Waals surface area contributed by atoms with Gasteiger partial charge in [0.1, 0.15) is 6.04 Å². The quantitative estimate of drug-likeness (QED) is 0.801. The van der Waals surface area contributed by atoms with E-state index in [1.807, 2.05) is 0 Å². The summed E-state index contributed by atoms with van der Waals surface area (Å²) in [4.78, 5) is 11.1. The first-order valence-electron chi connectivity index (χ1n) is 6.51. The Morgan fingerprint density at radius 2 is 1.94 bits per heavy atom. The van der Waals surface area contributed by atoms with Crippen molar-refractivity contribution in [2.75, 3.05) is 13.1 Å². The molecule has 3 fully saturated rings. The van der Waals surface area contributed by atoms with Gasteiger partial charge in [-0.15, -0.1) is 0 Å². The summed E-state index contributed by atoms with van der Waals surface area (Å²) in [6.07, 6.45) is 4.05. The van der Waals surface area contributed by atoms with E-state index >= 15 is 0 Å². The van der Waals surface area contributed by atoms with Crippen LogP contribution in [0.2, 0.25) is 0 Å². The summed E-state index contributed by atoms with van der Waals surface area (Å²) in [5.41, 5.74) is 0. The fraction of sp³-hybridized carbons (Fsp3) is 0.909.